The molecule has 2 aromatic rings. The van der Waals surface area contributed by atoms with Crippen LogP contribution in [0.25, 0.3) is 0 Å². The molecule has 0 radical (unpaired) electrons. The zero-order valence-electron chi connectivity index (χ0n) is 15.1. The summed E-state index contributed by atoms with van der Waals surface area (Å²) >= 11 is 2.59. The third-order valence-corrected chi connectivity index (χ3v) is 5.37. The molecule has 28 heavy (non-hydrogen) atoms. The monoisotopic (exact) mass is 548 g/mol. The fourth-order valence-electron chi connectivity index (χ4n) is 2.10. The smallest absolute Gasteiger partial charge is 0.356 e. The Morgan fingerprint density at radius 1 is 1.21 bits per heavy atom. The largest absolute Gasteiger partial charge is 0.434 e. The average molecular weight is 548 g/mol. The number of thiazole rings is 1. The summed E-state index contributed by atoms with van der Waals surface area (Å²) in [4.78, 5) is 7.65. The SMILES string of the molecule is CN=C(NCCSCc1ccccc1F)NCCc1nc(C(F)(F)F)cs1.I. The molecule has 0 spiro atoms. The molecule has 156 valence electrons. The van der Waals surface area contributed by atoms with E-state index in [-0.39, 0.29) is 29.8 Å². The number of aromatic nitrogens is 1. The Bertz CT molecular complexity index is 753. The zero-order valence-corrected chi connectivity index (χ0v) is 19.0. The second kappa shape index (κ2) is 12.5. The van der Waals surface area contributed by atoms with Gasteiger partial charge in [0.1, 0.15) is 5.82 Å². The van der Waals surface area contributed by atoms with Crippen LogP contribution in [0.3, 0.4) is 0 Å². The van der Waals surface area contributed by atoms with Crippen LogP contribution in [0.1, 0.15) is 16.3 Å². The first-order valence-electron chi connectivity index (χ1n) is 8.17. The molecule has 2 N–H and O–H groups in total. The van der Waals surface area contributed by atoms with Gasteiger partial charge in [0.15, 0.2) is 11.7 Å². The van der Waals surface area contributed by atoms with Gasteiger partial charge in [0, 0.05) is 43.4 Å². The van der Waals surface area contributed by atoms with Gasteiger partial charge in [-0.25, -0.2) is 9.37 Å². The van der Waals surface area contributed by atoms with Gasteiger partial charge in [0.25, 0.3) is 0 Å². The summed E-state index contributed by atoms with van der Waals surface area (Å²) < 4.78 is 51.0. The lowest BCUT2D eigenvalue weighted by atomic mass is 10.2. The maximum atomic E-state index is 13.5. The van der Waals surface area contributed by atoms with Crippen molar-refractivity contribution in [3.63, 3.8) is 0 Å². The van der Waals surface area contributed by atoms with Gasteiger partial charge in [-0.05, 0) is 11.6 Å². The molecule has 0 fully saturated rings. The molecule has 0 unspecified atom stereocenters. The van der Waals surface area contributed by atoms with Crippen molar-refractivity contribution in [2.24, 2.45) is 4.99 Å². The lowest BCUT2D eigenvalue weighted by Crippen LogP contribution is -2.39. The standard InChI is InChI=1S/C17H20F4N4S2.HI/c1-22-16(23-7-6-15-25-14(11-27-15)17(19,20)21)24-8-9-26-10-12-4-2-3-5-13(12)18;/h2-5,11H,6-10H2,1H3,(H2,22,23,24);1H. The first-order chi connectivity index (χ1) is 12.9. The molecule has 0 atom stereocenters. The Balaban J connectivity index is 0.00000392. The number of hydrogen-bond donors (Lipinski definition) is 2. The maximum Gasteiger partial charge on any atom is 0.434 e. The molecule has 1 aromatic heterocycles. The second-order valence-corrected chi connectivity index (χ2v) is 7.49. The van der Waals surface area contributed by atoms with E-state index >= 15 is 0 Å². The molecule has 0 amide bonds. The van der Waals surface area contributed by atoms with Crippen LogP contribution < -0.4 is 10.6 Å². The van der Waals surface area contributed by atoms with E-state index in [4.69, 9.17) is 0 Å². The lowest BCUT2D eigenvalue weighted by Gasteiger charge is -2.11. The summed E-state index contributed by atoms with van der Waals surface area (Å²) in [5, 5.41) is 7.60. The number of guanidine groups is 1. The van der Waals surface area contributed by atoms with Gasteiger partial charge in [-0.2, -0.15) is 24.9 Å². The molecular formula is C17H21F4IN4S2. The van der Waals surface area contributed by atoms with Crippen molar-refractivity contribution >= 4 is 53.0 Å². The van der Waals surface area contributed by atoms with Crippen LogP contribution in [0.4, 0.5) is 17.6 Å². The number of benzene rings is 1. The average Bonchev–Trinajstić information content (AvgIpc) is 3.10. The maximum absolute atomic E-state index is 13.5. The van der Waals surface area contributed by atoms with Crippen molar-refractivity contribution in [2.75, 3.05) is 25.9 Å². The molecule has 0 aliphatic heterocycles. The summed E-state index contributed by atoms with van der Waals surface area (Å²) in [5.74, 6) is 1.71. The topological polar surface area (TPSA) is 49.3 Å². The van der Waals surface area contributed by atoms with Crippen molar-refractivity contribution in [2.45, 2.75) is 18.3 Å². The van der Waals surface area contributed by atoms with Crippen molar-refractivity contribution in [3.8, 4) is 0 Å². The number of hydrogen-bond acceptors (Lipinski definition) is 4. The van der Waals surface area contributed by atoms with E-state index in [1.165, 1.54) is 6.07 Å². The fourth-order valence-corrected chi connectivity index (χ4v) is 3.75. The van der Waals surface area contributed by atoms with Gasteiger partial charge in [0.2, 0.25) is 0 Å². The van der Waals surface area contributed by atoms with E-state index in [1.54, 1.807) is 30.9 Å². The molecule has 0 aliphatic carbocycles. The highest BCUT2D eigenvalue weighted by atomic mass is 127. The third kappa shape index (κ3) is 8.52. The Morgan fingerprint density at radius 3 is 2.57 bits per heavy atom. The highest BCUT2D eigenvalue weighted by Crippen LogP contribution is 2.29. The molecule has 0 saturated heterocycles. The first-order valence-corrected chi connectivity index (χ1v) is 10.2. The molecule has 0 aliphatic rings. The lowest BCUT2D eigenvalue weighted by molar-refractivity contribution is -0.140. The zero-order chi connectivity index (χ0) is 19.7. The van der Waals surface area contributed by atoms with Gasteiger partial charge < -0.3 is 10.6 Å². The Kier molecular flexibility index (Phi) is 11.1. The number of nitrogens with zero attached hydrogens (tertiary/aromatic N) is 2. The Hall–Kier alpha value is -1.08. The quantitative estimate of drug-likeness (QED) is 0.167. The van der Waals surface area contributed by atoms with E-state index in [1.807, 2.05) is 6.07 Å². The number of halogens is 5. The number of thioether (sulfide) groups is 1. The fraction of sp³-hybridized carbons (Fsp3) is 0.412. The predicted molar refractivity (Wildman–Crippen MR) is 118 cm³/mol. The molecule has 0 saturated carbocycles. The van der Waals surface area contributed by atoms with Crippen LogP contribution in [0.2, 0.25) is 0 Å². The van der Waals surface area contributed by atoms with Gasteiger partial charge >= 0.3 is 6.18 Å². The van der Waals surface area contributed by atoms with Crippen LogP contribution in [-0.2, 0) is 18.3 Å². The van der Waals surface area contributed by atoms with Crippen LogP contribution in [0.15, 0.2) is 34.6 Å². The van der Waals surface area contributed by atoms with E-state index in [2.05, 4.69) is 20.6 Å². The van der Waals surface area contributed by atoms with Crippen molar-refractivity contribution in [1.29, 1.82) is 0 Å². The summed E-state index contributed by atoms with van der Waals surface area (Å²) in [5.41, 5.74) is -0.177. The van der Waals surface area contributed by atoms with Gasteiger partial charge in [-0.3, -0.25) is 4.99 Å². The summed E-state index contributed by atoms with van der Waals surface area (Å²) in [6.45, 7) is 1.06. The summed E-state index contributed by atoms with van der Waals surface area (Å²) in [6, 6.07) is 6.68. The van der Waals surface area contributed by atoms with Crippen LogP contribution in [-0.4, -0.2) is 36.8 Å². The summed E-state index contributed by atoms with van der Waals surface area (Å²) in [6.07, 6.45) is -4.02. The van der Waals surface area contributed by atoms with Crippen LogP contribution in [0, 0.1) is 5.82 Å². The third-order valence-electron chi connectivity index (χ3n) is 3.45. The highest BCUT2D eigenvalue weighted by molar-refractivity contribution is 14.0. The second-order valence-electron chi connectivity index (χ2n) is 5.44. The normalized spacial score (nSPS) is 11.8. The van der Waals surface area contributed by atoms with Gasteiger partial charge in [-0.15, -0.1) is 35.3 Å². The summed E-state index contributed by atoms with van der Waals surface area (Å²) in [7, 11) is 1.62. The van der Waals surface area contributed by atoms with Gasteiger partial charge in [-0.1, -0.05) is 18.2 Å². The van der Waals surface area contributed by atoms with E-state index in [9.17, 15) is 17.6 Å². The molecule has 2 rings (SSSR count). The Morgan fingerprint density at radius 2 is 1.93 bits per heavy atom. The van der Waals surface area contributed by atoms with Crippen LogP contribution >= 0.6 is 47.1 Å². The van der Waals surface area contributed by atoms with Crippen molar-refractivity contribution in [1.82, 2.24) is 15.6 Å². The van der Waals surface area contributed by atoms with Crippen molar-refractivity contribution < 1.29 is 17.6 Å². The molecule has 1 heterocycles. The van der Waals surface area contributed by atoms with E-state index < -0.39 is 11.9 Å². The van der Waals surface area contributed by atoms with E-state index in [0.29, 0.717) is 41.8 Å². The Labute approximate surface area is 186 Å². The number of nitrogens with one attached hydrogen (secondary N) is 2. The highest BCUT2D eigenvalue weighted by Gasteiger charge is 2.33. The molecular weight excluding hydrogens is 527 g/mol. The number of alkyl halides is 3. The minimum atomic E-state index is -4.40. The molecule has 0 bridgehead atoms. The number of aliphatic imine (C=N–C) groups is 1. The minimum Gasteiger partial charge on any atom is -0.356 e. The van der Waals surface area contributed by atoms with E-state index in [0.717, 1.165) is 22.5 Å². The minimum absolute atomic E-state index is 0. The molecule has 11 heteroatoms. The number of rotatable bonds is 8. The molecule has 4 nitrogen and oxygen atoms in total. The van der Waals surface area contributed by atoms with Crippen molar-refractivity contribution in [3.05, 3.63) is 51.7 Å². The predicted octanol–water partition coefficient (Wildman–Crippen LogP) is 4.56. The van der Waals surface area contributed by atoms with Gasteiger partial charge in [0.05, 0.1) is 5.01 Å². The first kappa shape index (κ1) is 25.0. The van der Waals surface area contributed by atoms with Crippen LogP contribution in [0.5, 0.6) is 0 Å². The molecule has 1 aromatic carbocycles.